The molecular formula is C42H27NOS. The van der Waals surface area contributed by atoms with E-state index in [1.54, 1.807) is 0 Å². The molecule has 0 N–H and O–H groups in total. The molecule has 0 saturated carbocycles. The van der Waals surface area contributed by atoms with Gasteiger partial charge in [-0.25, -0.2) is 0 Å². The lowest BCUT2D eigenvalue weighted by Crippen LogP contribution is -2.10. The number of hydrogen-bond donors (Lipinski definition) is 0. The predicted octanol–water partition coefficient (Wildman–Crippen LogP) is 12.8. The second kappa shape index (κ2) is 10.5. The Morgan fingerprint density at radius 1 is 0.400 bits per heavy atom. The van der Waals surface area contributed by atoms with Crippen LogP contribution in [0.4, 0.5) is 17.1 Å². The second-order valence-electron chi connectivity index (χ2n) is 11.3. The van der Waals surface area contributed by atoms with Crippen molar-refractivity contribution in [1.82, 2.24) is 0 Å². The molecule has 2 nitrogen and oxygen atoms in total. The third-order valence-electron chi connectivity index (χ3n) is 8.70. The minimum atomic E-state index is 0.886. The summed E-state index contributed by atoms with van der Waals surface area (Å²) >= 11 is 1.85. The molecule has 0 aliphatic carbocycles. The molecule has 0 aliphatic heterocycles. The van der Waals surface area contributed by atoms with Gasteiger partial charge < -0.3 is 9.32 Å². The Bertz CT molecular complexity index is 2470. The molecule has 7 aromatic carbocycles. The van der Waals surface area contributed by atoms with Crippen molar-refractivity contribution < 1.29 is 4.42 Å². The highest BCUT2D eigenvalue weighted by Gasteiger charge is 2.22. The van der Waals surface area contributed by atoms with Gasteiger partial charge in [-0.2, -0.15) is 0 Å². The summed E-state index contributed by atoms with van der Waals surface area (Å²) in [4.78, 5) is 2.41. The molecule has 0 unspecified atom stereocenters. The second-order valence-corrected chi connectivity index (χ2v) is 12.4. The minimum Gasteiger partial charge on any atom is -0.456 e. The normalized spacial score (nSPS) is 11.6. The van der Waals surface area contributed by atoms with Gasteiger partial charge in [0.15, 0.2) is 0 Å². The van der Waals surface area contributed by atoms with Gasteiger partial charge in [0.25, 0.3) is 0 Å². The average Bonchev–Trinajstić information content (AvgIpc) is 3.69. The fourth-order valence-electron chi connectivity index (χ4n) is 6.55. The van der Waals surface area contributed by atoms with Crippen molar-refractivity contribution in [2.24, 2.45) is 0 Å². The number of fused-ring (bicyclic) bond motifs is 6. The van der Waals surface area contributed by atoms with E-state index in [9.17, 15) is 0 Å². The summed E-state index contributed by atoms with van der Waals surface area (Å²) in [5, 5.41) is 4.80. The zero-order valence-corrected chi connectivity index (χ0v) is 25.2. The summed E-state index contributed by atoms with van der Waals surface area (Å²) in [5.74, 6) is 0. The first-order valence-corrected chi connectivity index (χ1v) is 16.0. The SMILES string of the molecule is c1ccc(-c2ccc(-c3ccc(N(c4cccc5c4sc4ccccc45)c4cccc5oc6ccccc6c45)cc3)cc2)cc1. The van der Waals surface area contributed by atoms with Gasteiger partial charge in [0.2, 0.25) is 0 Å². The highest BCUT2D eigenvalue weighted by atomic mass is 32.1. The lowest BCUT2D eigenvalue weighted by Gasteiger charge is -2.27. The van der Waals surface area contributed by atoms with E-state index in [4.69, 9.17) is 4.42 Å². The maximum atomic E-state index is 6.34. The minimum absolute atomic E-state index is 0.886. The monoisotopic (exact) mass is 593 g/mol. The quantitative estimate of drug-likeness (QED) is 0.197. The Morgan fingerprint density at radius 3 is 1.73 bits per heavy atom. The van der Waals surface area contributed by atoms with E-state index in [0.29, 0.717) is 0 Å². The number of furan rings is 1. The van der Waals surface area contributed by atoms with Crippen LogP contribution in [0.1, 0.15) is 0 Å². The van der Waals surface area contributed by atoms with Crippen LogP contribution in [0.2, 0.25) is 0 Å². The fourth-order valence-corrected chi connectivity index (χ4v) is 7.75. The molecule has 9 aromatic rings. The summed E-state index contributed by atoms with van der Waals surface area (Å²) in [6, 6.07) is 58.4. The number of anilines is 3. The number of nitrogens with zero attached hydrogens (tertiary/aromatic N) is 1. The number of rotatable bonds is 5. The van der Waals surface area contributed by atoms with Gasteiger partial charge in [-0.3, -0.25) is 0 Å². The number of benzene rings is 7. The molecule has 0 atom stereocenters. The zero-order valence-electron chi connectivity index (χ0n) is 24.4. The van der Waals surface area contributed by atoms with E-state index >= 15 is 0 Å². The van der Waals surface area contributed by atoms with Crippen LogP contribution < -0.4 is 4.90 Å². The van der Waals surface area contributed by atoms with Gasteiger partial charge in [-0.15, -0.1) is 11.3 Å². The van der Waals surface area contributed by atoms with E-state index < -0.39 is 0 Å². The molecule has 2 heterocycles. The van der Waals surface area contributed by atoms with Crippen LogP contribution in [-0.4, -0.2) is 0 Å². The van der Waals surface area contributed by atoms with Crippen LogP contribution in [0.3, 0.4) is 0 Å². The van der Waals surface area contributed by atoms with Crippen molar-refractivity contribution in [1.29, 1.82) is 0 Å². The molecule has 0 bridgehead atoms. The van der Waals surface area contributed by atoms with Gasteiger partial charge in [-0.1, -0.05) is 121 Å². The summed E-state index contributed by atoms with van der Waals surface area (Å²) in [6.45, 7) is 0. The smallest absolute Gasteiger partial charge is 0.137 e. The van der Waals surface area contributed by atoms with E-state index in [-0.39, 0.29) is 0 Å². The Hall–Kier alpha value is -5.64. The van der Waals surface area contributed by atoms with E-state index in [1.807, 2.05) is 23.5 Å². The first-order valence-electron chi connectivity index (χ1n) is 15.2. The number of para-hydroxylation sites is 1. The van der Waals surface area contributed by atoms with E-state index in [2.05, 4.69) is 157 Å². The fraction of sp³-hybridized carbons (Fsp3) is 0. The largest absolute Gasteiger partial charge is 0.456 e. The van der Waals surface area contributed by atoms with E-state index in [0.717, 1.165) is 39.0 Å². The molecule has 212 valence electrons. The van der Waals surface area contributed by atoms with Crippen molar-refractivity contribution in [3.05, 3.63) is 164 Å². The van der Waals surface area contributed by atoms with Crippen LogP contribution >= 0.6 is 11.3 Å². The zero-order chi connectivity index (χ0) is 29.7. The van der Waals surface area contributed by atoms with Crippen molar-refractivity contribution >= 4 is 70.5 Å². The predicted molar refractivity (Wildman–Crippen MR) is 192 cm³/mol. The molecule has 0 spiro atoms. The van der Waals surface area contributed by atoms with Gasteiger partial charge >= 0.3 is 0 Å². The Balaban J connectivity index is 1.22. The van der Waals surface area contributed by atoms with Crippen LogP contribution in [0.25, 0.3) is 64.4 Å². The van der Waals surface area contributed by atoms with Crippen LogP contribution in [0.15, 0.2) is 168 Å². The van der Waals surface area contributed by atoms with Crippen LogP contribution in [0, 0.1) is 0 Å². The summed E-state index contributed by atoms with van der Waals surface area (Å²) in [7, 11) is 0. The van der Waals surface area contributed by atoms with Gasteiger partial charge in [0.1, 0.15) is 11.2 Å². The maximum absolute atomic E-state index is 6.34. The first-order chi connectivity index (χ1) is 22.3. The molecule has 0 aliphatic rings. The number of thiophene rings is 1. The topological polar surface area (TPSA) is 16.4 Å². The highest BCUT2D eigenvalue weighted by Crippen LogP contribution is 2.48. The van der Waals surface area contributed by atoms with Gasteiger partial charge in [-0.05, 0) is 64.7 Å². The molecule has 0 saturated heterocycles. The Morgan fingerprint density at radius 2 is 0.956 bits per heavy atom. The molecule has 0 fully saturated rings. The van der Waals surface area contributed by atoms with Crippen molar-refractivity contribution in [3.63, 3.8) is 0 Å². The third kappa shape index (κ3) is 4.32. The van der Waals surface area contributed by atoms with Crippen molar-refractivity contribution in [2.75, 3.05) is 4.90 Å². The average molecular weight is 594 g/mol. The molecular weight excluding hydrogens is 567 g/mol. The molecule has 9 rings (SSSR count). The lowest BCUT2D eigenvalue weighted by atomic mass is 10.00. The van der Waals surface area contributed by atoms with Crippen LogP contribution in [-0.2, 0) is 0 Å². The molecule has 3 heteroatoms. The molecule has 0 amide bonds. The summed E-state index contributed by atoms with van der Waals surface area (Å²) < 4.78 is 8.91. The van der Waals surface area contributed by atoms with Crippen LogP contribution in [0.5, 0.6) is 0 Å². The summed E-state index contributed by atoms with van der Waals surface area (Å²) in [6.07, 6.45) is 0. The molecule has 0 radical (unpaired) electrons. The van der Waals surface area contributed by atoms with Crippen molar-refractivity contribution in [3.8, 4) is 22.3 Å². The Labute approximate surface area is 265 Å². The lowest BCUT2D eigenvalue weighted by molar-refractivity contribution is 0.669. The third-order valence-corrected chi connectivity index (χ3v) is 9.91. The maximum Gasteiger partial charge on any atom is 0.137 e. The highest BCUT2D eigenvalue weighted by molar-refractivity contribution is 7.26. The van der Waals surface area contributed by atoms with Gasteiger partial charge in [0.05, 0.1) is 21.5 Å². The van der Waals surface area contributed by atoms with Crippen molar-refractivity contribution in [2.45, 2.75) is 0 Å². The number of hydrogen-bond acceptors (Lipinski definition) is 3. The molecule has 45 heavy (non-hydrogen) atoms. The van der Waals surface area contributed by atoms with Gasteiger partial charge in [0, 0.05) is 26.5 Å². The first kappa shape index (κ1) is 25.8. The summed E-state index contributed by atoms with van der Waals surface area (Å²) in [5.41, 5.74) is 9.97. The molecule has 2 aromatic heterocycles. The standard InChI is InChI=1S/C42H27NOS/c1-2-10-28(11-3-1)29-20-22-30(23-21-29)31-24-26-32(27-25-31)43(36-15-9-18-39-41(36)35-13-4-6-17-38(35)44-39)37-16-8-14-34-33-12-5-7-19-40(33)45-42(34)37/h1-27H. The Kier molecular flexibility index (Phi) is 6.03. The van der Waals surface area contributed by atoms with E-state index in [1.165, 1.54) is 42.4 Å².